The second-order valence-electron chi connectivity index (χ2n) is 6.15. The Bertz CT molecular complexity index is 921. The average Bonchev–Trinajstić information content (AvgIpc) is 2.92. The summed E-state index contributed by atoms with van der Waals surface area (Å²) in [6.07, 6.45) is 0. The van der Waals surface area contributed by atoms with E-state index in [0.29, 0.717) is 13.2 Å². The van der Waals surface area contributed by atoms with Gasteiger partial charge in [0.2, 0.25) is 16.4 Å². The van der Waals surface area contributed by atoms with E-state index < -0.39 is 0 Å². The number of nitrogens with zero attached hydrogens (tertiary/aromatic N) is 2. The SMILES string of the molecule is COCCN(C(C)=O)c1ccc2sc(C)[n+](Cc3ccc(Cl)cc3)c2c1. The molecule has 0 bridgehead atoms. The first-order valence-corrected chi connectivity index (χ1v) is 9.63. The van der Waals surface area contributed by atoms with Gasteiger partial charge in [0.05, 0.1) is 12.3 Å². The Balaban J connectivity index is 1.99. The van der Waals surface area contributed by atoms with Gasteiger partial charge in [-0.3, -0.25) is 4.79 Å². The lowest BCUT2D eigenvalue weighted by Gasteiger charge is -2.20. The molecule has 1 aromatic heterocycles. The highest BCUT2D eigenvalue weighted by Gasteiger charge is 2.20. The van der Waals surface area contributed by atoms with Gasteiger partial charge in [0, 0.05) is 44.2 Å². The van der Waals surface area contributed by atoms with Crippen LogP contribution in [0, 0.1) is 6.92 Å². The van der Waals surface area contributed by atoms with Crippen molar-refractivity contribution in [2.24, 2.45) is 0 Å². The van der Waals surface area contributed by atoms with Crippen molar-refractivity contribution < 1.29 is 14.1 Å². The maximum atomic E-state index is 12.1. The van der Waals surface area contributed by atoms with E-state index in [4.69, 9.17) is 16.3 Å². The van der Waals surface area contributed by atoms with Crippen molar-refractivity contribution in [1.82, 2.24) is 0 Å². The van der Waals surface area contributed by atoms with Crippen LogP contribution in [-0.4, -0.2) is 26.2 Å². The largest absolute Gasteiger partial charge is 0.383 e. The van der Waals surface area contributed by atoms with E-state index in [2.05, 4.69) is 23.6 Å². The number of carbonyl (C=O) groups excluding carboxylic acids is 1. The number of ether oxygens (including phenoxy) is 1. The summed E-state index contributed by atoms with van der Waals surface area (Å²) in [5.74, 6) is 0.0117. The van der Waals surface area contributed by atoms with E-state index in [9.17, 15) is 4.79 Å². The number of aromatic nitrogens is 1. The lowest BCUT2D eigenvalue weighted by Crippen LogP contribution is -2.36. The Morgan fingerprint density at radius 1 is 1.23 bits per heavy atom. The fourth-order valence-electron chi connectivity index (χ4n) is 2.97. The third kappa shape index (κ3) is 4.06. The van der Waals surface area contributed by atoms with Gasteiger partial charge in [0.25, 0.3) is 0 Å². The summed E-state index contributed by atoms with van der Waals surface area (Å²) in [5.41, 5.74) is 3.21. The first-order valence-electron chi connectivity index (χ1n) is 8.44. The van der Waals surface area contributed by atoms with Gasteiger partial charge in [-0.2, -0.15) is 4.57 Å². The molecular weight excluding hydrogens is 368 g/mol. The summed E-state index contributed by atoms with van der Waals surface area (Å²) in [6.45, 7) is 5.52. The monoisotopic (exact) mass is 389 g/mol. The summed E-state index contributed by atoms with van der Waals surface area (Å²) in [6, 6.07) is 14.1. The van der Waals surface area contributed by atoms with Crippen molar-refractivity contribution in [2.75, 3.05) is 25.2 Å². The average molecular weight is 390 g/mol. The van der Waals surface area contributed by atoms with Gasteiger partial charge in [-0.1, -0.05) is 35.1 Å². The highest BCUT2D eigenvalue weighted by atomic mass is 35.5. The first-order chi connectivity index (χ1) is 12.5. The van der Waals surface area contributed by atoms with Crippen molar-refractivity contribution in [3.63, 3.8) is 0 Å². The van der Waals surface area contributed by atoms with Crippen LogP contribution >= 0.6 is 22.9 Å². The topological polar surface area (TPSA) is 33.4 Å². The zero-order valence-electron chi connectivity index (χ0n) is 15.2. The van der Waals surface area contributed by atoms with Gasteiger partial charge in [0.15, 0.2) is 6.54 Å². The number of rotatable bonds is 6. The summed E-state index contributed by atoms with van der Waals surface area (Å²) >= 11 is 7.75. The summed E-state index contributed by atoms with van der Waals surface area (Å²) in [7, 11) is 1.64. The van der Waals surface area contributed by atoms with Crippen LogP contribution in [-0.2, 0) is 16.1 Å². The summed E-state index contributed by atoms with van der Waals surface area (Å²) in [4.78, 5) is 13.8. The molecule has 0 spiro atoms. The molecule has 0 atom stereocenters. The zero-order chi connectivity index (χ0) is 18.7. The Morgan fingerprint density at radius 3 is 2.62 bits per heavy atom. The fourth-order valence-corrected chi connectivity index (χ4v) is 4.10. The van der Waals surface area contributed by atoms with E-state index in [1.165, 1.54) is 15.3 Å². The molecule has 0 aliphatic rings. The van der Waals surface area contributed by atoms with E-state index in [1.54, 1.807) is 30.3 Å². The molecule has 4 nitrogen and oxygen atoms in total. The molecule has 0 fully saturated rings. The number of benzene rings is 2. The second-order valence-corrected chi connectivity index (χ2v) is 7.82. The number of carbonyl (C=O) groups is 1. The lowest BCUT2D eigenvalue weighted by atomic mass is 10.2. The standard InChI is InChI=1S/C20H22ClN2O2S/c1-14(24)22(10-11-25-3)18-8-9-20-19(12-18)23(15(2)26-20)13-16-4-6-17(21)7-5-16/h4-9,12H,10-11,13H2,1-3H3/q+1. The summed E-state index contributed by atoms with van der Waals surface area (Å²) in [5, 5.41) is 1.96. The van der Waals surface area contributed by atoms with E-state index in [0.717, 1.165) is 22.8 Å². The molecule has 0 N–H and O–H groups in total. The normalized spacial score (nSPS) is 11.1. The van der Waals surface area contributed by atoms with Crippen LogP contribution in [0.5, 0.6) is 0 Å². The van der Waals surface area contributed by atoms with Crippen LogP contribution in [0.4, 0.5) is 5.69 Å². The van der Waals surface area contributed by atoms with Gasteiger partial charge in [-0.25, -0.2) is 0 Å². The molecule has 0 saturated heterocycles. The van der Waals surface area contributed by atoms with Crippen molar-refractivity contribution in [2.45, 2.75) is 20.4 Å². The molecule has 6 heteroatoms. The maximum Gasteiger partial charge on any atom is 0.235 e. The highest BCUT2D eigenvalue weighted by Crippen LogP contribution is 2.26. The fraction of sp³-hybridized carbons (Fsp3) is 0.300. The molecule has 0 unspecified atom stereocenters. The zero-order valence-corrected chi connectivity index (χ0v) is 16.7. The molecule has 3 aromatic rings. The number of halogens is 1. The number of hydrogen-bond acceptors (Lipinski definition) is 3. The van der Waals surface area contributed by atoms with E-state index >= 15 is 0 Å². The molecule has 1 amide bonds. The van der Waals surface area contributed by atoms with Crippen LogP contribution in [0.1, 0.15) is 17.5 Å². The van der Waals surface area contributed by atoms with Crippen LogP contribution in [0.2, 0.25) is 5.02 Å². The number of anilines is 1. The van der Waals surface area contributed by atoms with Crippen LogP contribution in [0.3, 0.4) is 0 Å². The highest BCUT2D eigenvalue weighted by molar-refractivity contribution is 7.18. The molecule has 26 heavy (non-hydrogen) atoms. The minimum atomic E-state index is 0.0117. The third-order valence-corrected chi connectivity index (χ3v) is 5.67. The summed E-state index contributed by atoms with van der Waals surface area (Å²) < 4.78 is 8.62. The van der Waals surface area contributed by atoms with Crippen LogP contribution < -0.4 is 9.47 Å². The molecule has 0 aliphatic heterocycles. The molecule has 1 heterocycles. The van der Waals surface area contributed by atoms with Gasteiger partial charge >= 0.3 is 0 Å². The van der Waals surface area contributed by atoms with Crippen molar-refractivity contribution in [3.8, 4) is 0 Å². The predicted molar refractivity (Wildman–Crippen MR) is 107 cm³/mol. The quantitative estimate of drug-likeness (QED) is 0.592. The van der Waals surface area contributed by atoms with Crippen LogP contribution in [0.15, 0.2) is 42.5 Å². The van der Waals surface area contributed by atoms with Crippen LogP contribution in [0.25, 0.3) is 10.2 Å². The minimum absolute atomic E-state index is 0.0117. The number of hydrogen-bond donors (Lipinski definition) is 0. The van der Waals surface area contributed by atoms with Gasteiger partial charge in [-0.05, 0) is 24.3 Å². The van der Waals surface area contributed by atoms with Gasteiger partial charge in [-0.15, -0.1) is 0 Å². The van der Waals surface area contributed by atoms with Crippen molar-refractivity contribution in [1.29, 1.82) is 0 Å². The smallest absolute Gasteiger partial charge is 0.235 e. The first kappa shape index (κ1) is 18.8. The maximum absolute atomic E-state index is 12.1. The number of fused-ring (bicyclic) bond motifs is 1. The predicted octanol–water partition coefficient (Wildman–Crippen LogP) is 4.20. The molecule has 136 valence electrons. The Hall–Kier alpha value is -1.95. The minimum Gasteiger partial charge on any atom is -0.383 e. The molecule has 2 aromatic carbocycles. The Morgan fingerprint density at radius 2 is 1.96 bits per heavy atom. The Labute approximate surface area is 162 Å². The molecule has 3 rings (SSSR count). The van der Waals surface area contributed by atoms with Gasteiger partial charge in [0.1, 0.15) is 4.70 Å². The lowest BCUT2D eigenvalue weighted by molar-refractivity contribution is -0.663. The molecule has 0 saturated carbocycles. The molecular formula is C20H22ClN2O2S+. The van der Waals surface area contributed by atoms with Crippen molar-refractivity contribution in [3.05, 3.63) is 58.1 Å². The number of methoxy groups -OCH3 is 1. The van der Waals surface area contributed by atoms with E-state index in [-0.39, 0.29) is 5.91 Å². The van der Waals surface area contributed by atoms with Gasteiger partial charge < -0.3 is 9.64 Å². The third-order valence-electron chi connectivity index (χ3n) is 4.34. The number of amides is 1. The molecule has 0 aliphatic carbocycles. The van der Waals surface area contributed by atoms with Crippen molar-refractivity contribution >= 4 is 44.7 Å². The molecule has 0 radical (unpaired) electrons. The Kier molecular flexibility index (Phi) is 5.91. The van der Waals surface area contributed by atoms with E-state index in [1.807, 2.05) is 30.3 Å². The number of aryl methyl sites for hydroxylation is 1. The second kappa shape index (κ2) is 8.16. The number of thiazole rings is 1.